The lowest BCUT2D eigenvalue weighted by Gasteiger charge is -2.05. The fraction of sp³-hybridized carbons (Fsp3) is 0.308. The lowest BCUT2D eigenvalue weighted by atomic mass is 10.1. The summed E-state index contributed by atoms with van der Waals surface area (Å²) < 4.78 is 1.82. The van der Waals surface area contributed by atoms with Crippen molar-refractivity contribution >= 4 is 0 Å². The van der Waals surface area contributed by atoms with E-state index in [1.54, 1.807) is 6.20 Å². The monoisotopic (exact) mass is 241 g/mol. The summed E-state index contributed by atoms with van der Waals surface area (Å²) >= 11 is 0. The maximum Gasteiger partial charge on any atom is 0.0991 e. The Bertz CT molecular complexity index is 512. The molecule has 0 spiro atoms. The molecule has 0 unspecified atom stereocenters. The van der Waals surface area contributed by atoms with Crippen LogP contribution in [0.5, 0.6) is 0 Å². The predicted molar refractivity (Wildman–Crippen MR) is 67.5 cm³/mol. The maximum absolute atomic E-state index is 8.79. The number of benzene rings is 1. The van der Waals surface area contributed by atoms with Crippen LogP contribution < -0.4 is 5.32 Å². The zero-order valence-corrected chi connectivity index (χ0v) is 10.1. The largest absolute Gasteiger partial charge is 0.313 e. The molecule has 0 saturated heterocycles. The van der Waals surface area contributed by atoms with Gasteiger partial charge in [-0.05, 0) is 30.7 Å². The molecule has 1 aromatic heterocycles. The minimum absolute atomic E-state index is 0.705. The van der Waals surface area contributed by atoms with Gasteiger partial charge in [0.15, 0.2) is 0 Å². The third-order valence-corrected chi connectivity index (χ3v) is 2.60. The number of aromatic nitrogens is 3. The summed E-state index contributed by atoms with van der Waals surface area (Å²) in [6.45, 7) is 2.56. The van der Waals surface area contributed by atoms with Crippen LogP contribution >= 0.6 is 0 Å². The van der Waals surface area contributed by atoms with Gasteiger partial charge in [0.25, 0.3) is 0 Å². The first-order chi connectivity index (χ1) is 8.88. The van der Waals surface area contributed by atoms with Gasteiger partial charge in [0.2, 0.25) is 0 Å². The maximum atomic E-state index is 8.79. The fourth-order valence-electron chi connectivity index (χ4n) is 1.70. The quantitative estimate of drug-likeness (QED) is 0.775. The van der Waals surface area contributed by atoms with Gasteiger partial charge in [-0.1, -0.05) is 17.3 Å². The average molecular weight is 241 g/mol. The summed E-state index contributed by atoms with van der Waals surface area (Å²) in [5, 5.41) is 19.8. The molecule has 1 N–H and O–H groups in total. The van der Waals surface area contributed by atoms with Crippen molar-refractivity contribution in [2.75, 3.05) is 6.54 Å². The van der Waals surface area contributed by atoms with Crippen molar-refractivity contribution < 1.29 is 0 Å². The molecule has 5 heteroatoms. The summed E-state index contributed by atoms with van der Waals surface area (Å²) in [4.78, 5) is 0. The zero-order valence-electron chi connectivity index (χ0n) is 10.1. The van der Waals surface area contributed by atoms with Crippen LogP contribution in [0, 0.1) is 11.3 Å². The highest BCUT2D eigenvalue weighted by Crippen LogP contribution is 2.03. The molecule has 0 amide bonds. The van der Waals surface area contributed by atoms with E-state index in [0.29, 0.717) is 5.56 Å². The zero-order chi connectivity index (χ0) is 12.6. The second-order valence-corrected chi connectivity index (χ2v) is 4.01. The third kappa shape index (κ3) is 3.68. The normalized spacial score (nSPS) is 10.2. The van der Waals surface area contributed by atoms with Gasteiger partial charge in [0.1, 0.15) is 0 Å². The Morgan fingerprint density at radius 2 is 2.33 bits per heavy atom. The van der Waals surface area contributed by atoms with E-state index in [4.69, 9.17) is 5.26 Å². The van der Waals surface area contributed by atoms with Gasteiger partial charge in [-0.3, -0.25) is 4.68 Å². The Morgan fingerprint density at radius 1 is 1.39 bits per heavy atom. The molecule has 1 aromatic carbocycles. The average Bonchev–Trinajstić information content (AvgIpc) is 2.92. The van der Waals surface area contributed by atoms with Crippen molar-refractivity contribution in [2.45, 2.75) is 19.5 Å². The van der Waals surface area contributed by atoms with Crippen molar-refractivity contribution in [3.05, 3.63) is 47.8 Å². The second-order valence-electron chi connectivity index (χ2n) is 4.01. The van der Waals surface area contributed by atoms with Crippen LogP contribution in [-0.4, -0.2) is 21.5 Å². The van der Waals surface area contributed by atoms with E-state index in [0.717, 1.165) is 31.6 Å². The Labute approximate surface area is 106 Å². The number of hydrogen-bond acceptors (Lipinski definition) is 4. The van der Waals surface area contributed by atoms with Gasteiger partial charge in [-0.15, -0.1) is 5.10 Å². The smallest absolute Gasteiger partial charge is 0.0991 e. The van der Waals surface area contributed by atoms with Crippen molar-refractivity contribution in [3.8, 4) is 6.07 Å². The van der Waals surface area contributed by atoms with Gasteiger partial charge in [0.05, 0.1) is 17.8 Å². The first-order valence-electron chi connectivity index (χ1n) is 5.92. The van der Waals surface area contributed by atoms with Crippen LogP contribution in [0.3, 0.4) is 0 Å². The van der Waals surface area contributed by atoms with Gasteiger partial charge in [0, 0.05) is 19.3 Å². The number of aryl methyl sites for hydroxylation is 1. The summed E-state index contributed by atoms with van der Waals surface area (Å²) in [6.07, 6.45) is 4.54. The molecule has 2 rings (SSSR count). The highest BCUT2D eigenvalue weighted by atomic mass is 15.4. The summed E-state index contributed by atoms with van der Waals surface area (Å²) in [7, 11) is 0. The van der Waals surface area contributed by atoms with Gasteiger partial charge in [-0.2, -0.15) is 5.26 Å². The lowest BCUT2D eigenvalue weighted by molar-refractivity contribution is 0.530. The number of nitrogens with one attached hydrogen (secondary N) is 1. The van der Waals surface area contributed by atoms with E-state index in [9.17, 15) is 0 Å². The molecule has 92 valence electrons. The minimum atomic E-state index is 0.705. The SMILES string of the molecule is N#Cc1cccc(CNCCCn2ccnn2)c1. The molecule has 0 aliphatic heterocycles. The second kappa shape index (κ2) is 6.52. The number of nitrogens with zero attached hydrogens (tertiary/aromatic N) is 4. The standard InChI is InChI=1S/C13H15N5/c14-10-12-3-1-4-13(9-12)11-15-5-2-7-18-8-6-16-17-18/h1,3-4,6,8-9,15H,2,5,7,11H2. The molecule has 5 nitrogen and oxygen atoms in total. The summed E-state index contributed by atoms with van der Waals surface area (Å²) in [6, 6.07) is 9.79. The molecule has 0 saturated carbocycles. The van der Waals surface area contributed by atoms with E-state index in [1.807, 2.05) is 35.1 Å². The topological polar surface area (TPSA) is 66.5 Å². The Kier molecular flexibility index (Phi) is 4.45. The molecular weight excluding hydrogens is 226 g/mol. The lowest BCUT2D eigenvalue weighted by Crippen LogP contribution is -2.16. The van der Waals surface area contributed by atoms with E-state index in [2.05, 4.69) is 21.7 Å². The van der Waals surface area contributed by atoms with E-state index >= 15 is 0 Å². The molecule has 0 radical (unpaired) electrons. The molecule has 0 bridgehead atoms. The van der Waals surface area contributed by atoms with Crippen molar-refractivity contribution in [1.29, 1.82) is 5.26 Å². The molecule has 18 heavy (non-hydrogen) atoms. The van der Waals surface area contributed by atoms with Gasteiger partial charge in [-0.25, -0.2) is 0 Å². The first-order valence-corrected chi connectivity index (χ1v) is 5.92. The minimum Gasteiger partial charge on any atom is -0.313 e. The molecular formula is C13H15N5. The molecule has 2 aromatic rings. The van der Waals surface area contributed by atoms with Crippen LogP contribution in [0.1, 0.15) is 17.5 Å². The molecule has 0 fully saturated rings. The number of rotatable bonds is 6. The molecule has 0 aliphatic carbocycles. The van der Waals surface area contributed by atoms with Crippen LogP contribution in [0.25, 0.3) is 0 Å². The van der Waals surface area contributed by atoms with Crippen LogP contribution in [0.15, 0.2) is 36.7 Å². The molecule has 0 aliphatic rings. The van der Waals surface area contributed by atoms with Crippen LogP contribution in [-0.2, 0) is 13.1 Å². The highest BCUT2D eigenvalue weighted by molar-refractivity contribution is 5.32. The Balaban J connectivity index is 1.67. The van der Waals surface area contributed by atoms with E-state index in [1.165, 1.54) is 0 Å². The summed E-state index contributed by atoms with van der Waals surface area (Å²) in [5.74, 6) is 0. The Morgan fingerprint density at radius 3 is 3.11 bits per heavy atom. The van der Waals surface area contributed by atoms with E-state index < -0.39 is 0 Å². The predicted octanol–water partition coefficient (Wildman–Crippen LogP) is 1.33. The van der Waals surface area contributed by atoms with Crippen molar-refractivity contribution in [2.24, 2.45) is 0 Å². The Hall–Kier alpha value is -2.19. The first kappa shape index (κ1) is 12.3. The number of hydrogen-bond donors (Lipinski definition) is 1. The van der Waals surface area contributed by atoms with Crippen molar-refractivity contribution in [3.63, 3.8) is 0 Å². The molecule has 0 atom stereocenters. The van der Waals surface area contributed by atoms with Gasteiger partial charge < -0.3 is 5.32 Å². The third-order valence-electron chi connectivity index (χ3n) is 2.60. The molecule has 1 heterocycles. The van der Waals surface area contributed by atoms with Crippen molar-refractivity contribution in [1.82, 2.24) is 20.3 Å². The number of nitriles is 1. The van der Waals surface area contributed by atoms with Crippen LogP contribution in [0.2, 0.25) is 0 Å². The fourth-order valence-corrected chi connectivity index (χ4v) is 1.70. The van der Waals surface area contributed by atoms with Gasteiger partial charge >= 0.3 is 0 Å². The van der Waals surface area contributed by atoms with E-state index in [-0.39, 0.29) is 0 Å². The van der Waals surface area contributed by atoms with Crippen LogP contribution in [0.4, 0.5) is 0 Å². The highest BCUT2D eigenvalue weighted by Gasteiger charge is 1.95. The summed E-state index contributed by atoms with van der Waals surface area (Å²) in [5.41, 5.74) is 1.84.